The number of amides is 2. The predicted octanol–water partition coefficient (Wildman–Crippen LogP) is 6.00. The quantitative estimate of drug-likeness (QED) is 0.461. The van der Waals surface area contributed by atoms with E-state index in [0.29, 0.717) is 40.6 Å². The Balaban J connectivity index is 1.41. The lowest BCUT2D eigenvalue weighted by Gasteiger charge is -2.28. The molecule has 5 rings (SSSR count). The van der Waals surface area contributed by atoms with Gasteiger partial charge in [0, 0.05) is 23.7 Å². The summed E-state index contributed by atoms with van der Waals surface area (Å²) >= 11 is 7.64. The number of benzene rings is 2. The molecule has 182 valence electrons. The molecule has 1 saturated heterocycles. The highest BCUT2D eigenvalue weighted by atomic mass is 35.5. The van der Waals surface area contributed by atoms with E-state index in [2.05, 4.69) is 36.3 Å². The van der Waals surface area contributed by atoms with Crippen molar-refractivity contribution in [3.05, 3.63) is 75.4 Å². The molecular formula is C28H30ClN3O2S. The van der Waals surface area contributed by atoms with Gasteiger partial charge in [-0.2, -0.15) is 0 Å². The Morgan fingerprint density at radius 3 is 2.71 bits per heavy atom. The van der Waals surface area contributed by atoms with Crippen molar-refractivity contribution in [1.29, 1.82) is 0 Å². The van der Waals surface area contributed by atoms with Gasteiger partial charge in [0.1, 0.15) is 5.69 Å². The van der Waals surface area contributed by atoms with Crippen LogP contribution in [-0.2, 0) is 0 Å². The summed E-state index contributed by atoms with van der Waals surface area (Å²) in [7, 11) is 0. The van der Waals surface area contributed by atoms with E-state index in [0.717, 1.165) is 40.4 Å². The number of nitrogens with zero attached hydrogens (tertiary/aromatic N) is 2. The van der Waals surface area contributed by atoms with Crippen LogP contribution in [0.2, 0.25) is 5.02 Å². The maximum absolute atomic E-state index is 14.0. The minimum atomic E-state index is -0.167. The van der Waals surface area contributed by atoms with Gasteiger partial charge < -0.3 is 10.2 Å². The Kier molecular flexibility index (Phi) is 6.69. The zero-order chi connectivity index (χ0) is 24.7. The van der Waals surface area contributed by atoms with Crippen molar-refractivity contribution in [2.75, 3.05) is 13.1 Å². The Bertz CT molecular complexity index is 1270. The monoisotopic (exact) mass is 507 g/mol. The number of carbonyl (C=O) groups is 2. The zero-order valence-electron chi connectivity index (χ0n) is 20.3. The van der Waals surface area contributed by atoms with Crippen molar-refractivity contribution in [1.82, 2.24) is 15.2 Å². The maximum Gasteiger partial charge on any atom is 0.274 e. The second-order valence-corrected chi connectivity index (χ2v) is 11.7. The molecule has 1 saturated carbocycles. The van der Waals surface area contributed by atoms with Crippen molar-refractivity contribution in [2.24, 2.45) is 17.8 Å². The molecule has 4 atom stereocenters. The van der Waals surface area contributed by atoms with Gasteiger partial charge in [-0.25, -0.2) is 4.98 Å². The zero-order valence-corrected chi connectivity index (χ0v) is 21.8. The van der Waals surface area contributed by atoms with Gasteiger partial charge >= 0.3 is 0 Å². The fourth-order valence-corrected chi connectivity index (χ4v) is 6.96. The van der Waals surface area contributed by atoms with Crippen molar-refractivity contribution < 1.29 is 9.59 Å². The highest BCUT2D eigenvalue weighted by molar-refractivity contribution is 7.15. The van der Waals surface area contributed by atoms with Crippen molar-refractivity contribution in [3.8, 4) is 10.4 Å². The number of hydrogen-bond donors (Lipinski definition) is 1. The number of carbonyl (C=O) groups excluding carboxylic acids is 2. The first-order valence-electron chi connectivity index (χ1n) is 12.2. The number of hydrogen-bond acceptors (Lipinski definition) is 4. The molecule has 0 bridgehead atoms. The van der Waals surface area contributed by atoms with E-state index >= 15 is 0 Å². The van der Waals surface area contributed by atoms with Gasteiger partial charge in [0.15, 0.2) is 0 Å². The summed E-state index contributed by atoms with van der Waals surface area (Å²) in [5.74, 6) is 1.28. The van der Waals surface area contributed by atoms with Crippen molar-refractivity contribution in [2.45, 2.75) is 39.7 Å². The fourth-order valence-electron chi connectivity index (χ4n) is 5.86. The standard InChI is InChI=1S/C28H30ClN3O2S/c1-16-6-4-7-19(10-16)26-25(31-18(3)35-26)28(34)32-15-21-11-17(2)12-23(21)24(32)14-30-27(33)20-8-5-9-22(29)13-20/h4-10,13,17,21,23-24H,11-12,14-15H2,1-3H3,(H,30,33)/t17?,21-,23-,24+/m0/s1. The molecule has 2 aliphatic rings. The van der Waals surface area contributed by atoms with E-state index < -0.39 is 0 Å². The highest BCUT2D eigenvalue weighted by Crippen LogP contribution is 2.46. The normalized spacial score (nSPS) is 23.4. The number of rotatable bonds is 5. The molecule has 35 heavy (non-hydrogen) atoms. The van der Waals surface area contributed by atoms with Gasteiger partial charge in [0.2, 0.25) is 0 Å². The Labute approximate surface area is 215 Å². The number of thiazole rings is 1. The smallest absolute Gasteiger partial charge is 0.274 e. The third-order valence-electron chi connectivity index (χ3n) is 7.35. The van der Waals surface area contributed by atoms with E-state index in [9.17, 15) is 9.59 Å². The van der Waals surface area contributed by atoms with E-state index in [-0.39, 0.29) is 17.9 Å². The first-order chi connectivity index (χ1) is 16.8. The number of nitrogens with one attached hydrogen (secondary N) is 1. The van der Waals surface area contributed by atoms with E-state index in [1.165, 1.54) is 0 Å². The summed E-state index contributed by atoms with van der Waals surface area (Å²) in [6.07, 6.45) is 2.20. The average Bonchev–Trinajstić information content (AvgIpc) is 3.49. The van der Waals surface area contributed by atoms with E-state index in [1.807, 2.05) is 24.0 Å². The van der Waals surface area contributed by atoms with Gasteiger partial charge in [-0.05, 0) is 68.2 Å². The molecule has 1 unspecified atom stereocenters. The molecule has 5 nitrogen and oxygen atoms in total. The van der Waals surface area contributed by atoms with E-state index in [1.54, 1.807) is 35.6 Å². The van der Waals surface area contributed by atoms with Crippen LogP contribution < -0.4 is 5.32 Å². The summed E-state index contributed by atoms with van der Waals surface area (Å²) in [4.78, 5) is 34.4. The lowest BCUT2D eigenvalue weighted by molar-refractivity contribution is 0.0692. The number of likely N-dealkylation sites (tertiary alicyclic amines) is 1. The van der Waals surface area contributed by atoms with Crippen LogP contribution in [0.1, 0.15) is 51.2 Å². The van der Waals surface area contributed by atoms with Crippen LogP contribution in [0, 0.1) is 31.6 Å². The van der Waals surface area contributed by atoms with Crippen molar-refractivity contribution >= 4 is 34.8 Å². The van der Waals surface area contributed by atoms with E-state index in [4.69, 9.17) is 11.6 Å². The largest absolute Gasteiger partial charge is 0.350 e. The first-order valence-corrected chi connectivity index (χ1v) is 13.4. The maximum atomic E-state index is 14.0. The van der Waals surface area contributed by atoms with Gasteiger partial charge in [-0.3, -0.25) is 9.59 Å². The Hall–Kier alpha value is -2.70. The molecule has 2 aromatic carbocycles. The first kappa shape index (κ1) is 24.0. The molecule has 2 amide bonds. The molecule has 1 aromatic heterocycles. The molecule has 1 N–H and O–H groups in total. The second-order valence-electron chi connectivity index (χ2n) is 10.0. The van der Waals surface area contributed by atoms with Gasteiger partial charge in [-0.15, -0.1) is 11.3 Å². The average molecular weight is 508 g/mol. The van der Waals surface area contributed by atoms with Gasteiger partial charge in [0.25, 0.3) is 11.8 Å². The molecule has 1 aliphatic heterocycles. The van der Waals surface area contributed by atoms with Crippen LogP contribution in [0.25, 0.3) is 10.4 Å². The number of aromatic nitrogens is 1. The van der Waals surface area contributed by atoms with Crippen LogP contribution in [-0.4, -0.2) is 40.8 Å². The SMILES string of the molecule is Cc1cccc(-c2sc(C)nc2C(=O)N2C[C@@H]3CC(C)C[C@@H]3[C@H]2CNC(=O)c2cccc(Cl)c2)c1. The van der Waals surface area contributed by atoms with Crippen LogP contribution in [0.4, 0.5) is 0 Å². The molecule has 0 radical (unpaired) electrons. The minimum Gasteiger partial charge on any atom is -0.350 e. The van der Waals surface area contributed by atoms with Gasteiger partial charge in [0.05, 0.1) is 15.9 Å². The second kappa shape index (κ2) is 9.75. The lowest BCUT2D eigenvalue weighted by Crippen LogP contribution is -2.46. The van der Waals surface area contributed by atoms with Crippen LogP contribution in [0.15, 0.2) is 48.5 Å². The fraction of sp³-hybridized carbons (Fsp3) is 0.393. The summed E-state index contributed by atoms with van der Waals surface area (Å²) in [5.41, 5.74) is 3.23. The summed E-state index contributed by atoms with van der Waals surface area (Å²) < 4.78 is 0. The molecule has 2 fully saturated rings. The molecular weight excluding hydrogens is 478 g/mol. The number of fused-ring (bicyclic) bond motifs is 1. The van der Waals surface area contributed by atoms with Crippen molar-refractivity contribution in [3.63, 3.8) is 0 Å². The summed E-state index contributed by atoms with van der Waals surface area (Å²) in [6.45, 7) is 7.43. The summed E-state index contributed by atoms with van der Waals surface area (Å²) in [5, 5.41) is 4.49. The predicted molar refractivity (Wildman–Crippen MR) is 141 cm³/mol. The molecule has 2 heterocycles. The third kappa shape index (κ3) is 4.87. The molecule has 1 aliphatic carbocycles. The molecule has 7 heteroatoms. The number of halogens is 1. The minimum absolute atomic E-state index is 0.0325. The van der Waals surface area contributed by atoms with Crippen LogP contribution in [0.3, 0.4) is 0 Å². The Morgan fingerprint density at radius 1 is 1.14 bits per heavy atom. The molecule has 3 aromatic rings. The highest BCUT2D eigenvalue weighted by Gasteiger charge is 2.48. The number of aryl methyl sites for hydroxylation is 2. The lowest BCUT2D eigenvalue weighted by atomic mass is 9.93. The Morgan fingerprint density at radius 2 is 1.94 bits per heavy atom. The van der Waals surface area contributed by atoms with Gasteiger partial charge in [-0.1, -0.05) is 54.4 Å². The third-order valence-corrected chi connectivity index (χ3v) is 8.60. The summed E-state index contributed by atoms with van der Waals surface area (Å²) in [6, 6.07) is 15.1. The topological polar surface area (TPSA) is 62.3 Å². The van der Waals surface area contributed by atoms with Crippen LogP contribution >= 0.6 is 22.9 Å². The molecule has 0 spiro atoms. The van der Waals surface area contributed by atoms with Crippen LogP contribution in [0.5, 0.6) is 0 Å².